The molecule has 4 rings (SSSR count). The van der Waals surface area contributed by atoms with E-state index in [0.29, 0.717) is 11.8 Å². The van der Waals surface area contributed by atoms with Crippen LogP contribution >= 0.6 is 0 Å². The van der Waals surface area contributed by atoms with Crippen LogP contribution in [0.1, 0.15) is 43.5 Å². The van der Waals surface area contributed by atoms with Gasteiger partial charge in [-0.3, -0.25) is 0 Å². The van der Waals surface area contributed by atoms with Crippen LogP contribution in [0.15, 0.2) is 36.5 Å². The minimum Gasteiger partial charge on any atom is -0.303 e. The summed E-state index contributed by atoms with van der Waals surface area (Å²) in [5.41, 5.74) is 3.82. The Morgan fingerprint density at radius 3 is 2.72 bits per heavy atom. The molecule has 1 aliphatic carbocycles. The molecule has 0 amide bonds. The maximum Gasteiger partial charge on any atom is 0.137 e. The zero-order valence-electron chi connectivity index (χ0n) is 10.7. The molecule has 0 saturated carbocycles. The van der Waals surface area contributed by atoms with Crippen molar-refractivity contribution in [2.45, 2.75) is 32.1 Å². The highest BCUT2D eigenvalue weighted by molar-refractivity contribution is 5.85. The van der Waals surface area contributed by atoms with Gasteiger partial charge in [-0.25, -0.2) is 4.98 Å². The summed E-state index contributed by atoms with van der Waals surface area (Å²) in [7, 11) is 0. The summed E-state index contributed by atoms with van der Waals surface area (Å²) < 4.78 is 2.30. The first-order chi connectivity index (χ1) is 8.74. The average molecular weight is 236 g/mol. The summed E-state index contributed by atoms with van der Waals surface area (Å²) >= 11 is 0. The fraction of sp³-hybridized carbons (Fsp3) is 0.312. The molecule has 2 atom stereocenters. The van der Waals surface area contributed by atoms with Crippen LogP contribution in [0.25, 0.3) is 16.4 Å². The zero-order valence-corrected chi connectivity index (χ0v) is 10.7. The monoisotopic (exact) mass is 236 g/mol. The number of hydrogen-bond donors (Lipinski definition) is 0. The van der Waals surface area contributed by atoms with Crippen LogP contribution in [0.3, 0.4) is 0 Å². The maximum absolute atomic E-state index is 4.84. The first kappa shape index (κ1) is 10.1. The predicted octanol–water partition coefficient (Wildman–Crippen LogP) is 4.10. The minimum atomic E-state index is 0.595. The molecule has 0 bridgehead atoms. The largest absolute Gasteiger partial charge is 0.303 e. The van der Waals surface area contributed by atoms with Gasteiger partial charge in [0.25, 0.3) is 0 Å². The first-order valence-electron chi connectivity index (χ1n) is 6.64. The Balaban J connectivity index is 2.13. The van der Waals surface area contributed by atoms with E-state index in [4.69, 9.17) is 4.98 Å². The number of aromatic nitrogens is 2. The Hall–Kier alpha value is -1.83. The third-order valence-electron chi connectivity index (χ3n) is 4.19. The summed E-state index contributed by atoms with van der Waals surface area (Å²) in [6, 6.07) is 10.7. The fourth-order valence-electron chi connectivity index (χ4n) is 3.36. The van der Waals surface area contributed by atoms with Gasteiger partial charge in [0.05, 0.1) is 5.69 Å². The van der Waals surface area contributed by atoms with Crippen molar-refractivity contribution in [3.63, 3.8) is 0 Å². The highest BCUT2D eigenvalue weighted by Crippen LogP contribution is 2.41. The lowest BCUT2D eigenvalue weighted by Gasteiger charge is -2.06. The lowest BCUT2D eigenvalue weighted by molar-refractivity contribution is 0.642. The molecule has 0 radical (unpaired) electrons. The number of fused-ring (bicyclic) bond motifs is 4. The predicted molar refractivity (Wildman–Crippen MR) is 74.1 cm³/mol. The van der Waals surface area contributed by atoms with Gasteiger partial charge in [0.2, 0.25) is 0 Å². The second-order valence-electron chi connectivity index (χ2n) is 5.55. The van der Waals surface area contributed by atoms with Crippen molar-refractivity contribution >= 4 is 16.4 Å². The molecule has 2 nitrogen and oxygen atoms in total. The third kappa shape index (κ3) is 1.20. The molecule has 2 unspecified atom stereocenters. The number of imidazole rings is 1. The van der Waals surface area contributed by atoms with Gasteiger partial charge >= 0.3 is 0 Å². The number of benzene rings is 1. The van der Waals surface area contributed by atoms with Crippen molar-refractivity contribution in [3.8, 4) is 0 Å². The highest BCUT2D eigenvalue weighted by Gasteiger charge is 2.30. The van der Waals surface area contributed by atoms with Gasteiger partial charge in [-0.2, -0.15) is 0 Å². The average Bonchev–Trinajstić information content (AvgIpc) is 2.86. The lowest BCUT2D eigenvalue weighted by atomic mass is 10.1. The smallest absolute Gasteiger partial charge is 0.137 e. The molecule has 90 valence electrons. The summed E-state index contributed by atoms with van der Waals surface area (Å²) in [6.45, 7) is 4.60. The van der Waals surface area contributed by atoms with Crippen LogP contribution in [0.5, 0.6) is 0 Å². The van der Waals surface area contributed by atoms with E-state index in [-0.39, 0.29) is 0 Å². The highest BCUT2D eigenvalue weighted by atomic mass is 15.0. The van der Waals surface area contributed by atoms with Crippen LogP contribution < -0.4 is 0 Å². The first-order valence-corrected chi connectivity index (χ1v) is 6.64. The van der Waals surface area contributed by atoms with Crippen LogP contribution in [0, 0.1) is 0 Å². The van der Waals surface area contributed by atoms with Crippen LogP contribution in [-0.4, -0.2) is 9.38 Å². The zero-order chi connectivity index (χ0) is 12.3. The van der Waals surface area contributed by atoms with Gasteiger partial charge in [0, 0.05) is 17.8 Å². The van der Waals surface area contributed by atoms with Gasteiger partial charge in [-0.15, -0.1) is 0 Å². The van der Waals surface area contributed by atoms with Crippen molar-refractivity contribution < 1.29 is 0 Å². The molecular formula is C16H16N2. The summed E-state index contributed by atoms with van der Waals surface area (Å²) in [5, 5.41) is 2.56. The van der Waals surface area contributed by atoms with Gasteiger partial charge < -0.3 is 4.40 Å². The molecule has 3 aromatic rings. The fourth-order valence-corrected chi connectivity index (χ4v) is 3.36. The van der Waals surface area contributed by atoms with E-state index in [9.17, 15) is 0 Å². The molecular weight excluding hydrogens is 220 g/mol. The van der Waals surface area contributed by atoms with Crippen molar-refractivity contribution in [3.05, 3.63) is 47.9 Å². The molecule has 1 aromatic carbocycles. The quantitative estimate of drug-likeness (QED) is 0.574. The second kappa shape index (κ2) is 3.35. The maximum atomic E-state index is 4.84. The van der Waals surface area contributed by atoms with Crippen LogP contribution in [-0.2, 0) is 0 Å². The molecule has 0 N–H and O–H groups in total. The summed E-state index contributed by atoms with van der Waals surface area (Å²) in [6.07, 6.45) is 3.47. The Morgan fingerprint density at radius 1 is 1.11 bits per heavy atom. The number of hydrogen-bond acceptors (Lipinski definition) is 1. The molecule has 2 heteroatoms. The Labute approximate surface area is 106 Å². The number of pyridine rings is 1. The van der Waals surface area contributed by atoms with Crippen molar-refractivity contribution in [2.75, 3.05) is 0 Å². The summed E-state index contributed by atoms with van der Waals surface area (Å²) in [5.74, 6) is 1.21. The molecule has 0 aliphatic heterocycles. The van der Waals surface area contributed by atoms with Crippen LogP contribution in [0.2, 0.25) is 0 Å². The molecule has 0 spiro atoms. The van der Waals surface area contributed by atoms with E-state index in [0.717, 1.165) is 5.65 Å². The molecule has 2 heterocycles. The summed E-state index contributed by atoms with van der Waals surface area (Å²) in [4.78, 5) is 4.84. The SMILES string of the molecule is CC1CC(C)c2c1nc1cc3ccccc3cn21. The van der Waals surface area contributed by atoms with E-state index in [1.54, 1.807) is 0 Å². The third-order valence-corrected chi connectivity index (χ3v) is 4.19. The molecule has 0 saturated heterocycles. The van der Waals surface area contributed by atoms with Crippen molar-refractivity contribution in [2.24, 2.45) is 0 Å². The van der Waals surface area contributed by atoms with E-state index in [1.807, 2.05) is 0 Å². The molecule has 18 heavy (non-hydrogen) atoms. The second-order valence-corrected chi connectivity index (χ2v) is 5.55. The van der Waals surface area contributed by atoms with Crippen molar-refractivity contribution in [1.82, 2.24) is 9.38 Å². The molecule has 0 fully saturated rings. The number of rotatable bonds is 0. The van der Waals surface area contributed by atoms with Gasteiger partial charge in [0.1, 0.15) is 5.65 Å². The number of nitrogens with zero attached hydrogens (tertiary/aromatic N) is 2. The minimum absolute atomic E-state index is 0.595. The van der Waals surface area contributed by atoms with Gasteiger partial charge in [-0.1, -0.05) is 38.1 Å². The lowest BCUT2D eigenvalue weighted by Crippen LogP contribution is -1.95. The molecule has 1 aliphatic rings. The van der Waals surface area contributed by atoms with Gasteiger partial charge in [0.15, 0.2) is 0 Å². The van der Waals surface area contributed by atoms with E-state index >= 15 is 0 Å². The normalized spacial score (nSPS) is 22.8. The Morgan fingerprint density at radius 2 is 1.89 bits per heavy atom. The van der Waals surface area contributed by atoms with E-state index in [2.05, 4.69) is 54.8 Å². The topological polar surface area (TPSA) is 17.3 Å². The molecule has 2 aromatic heterocycles. The standard InChI is InChI=1S/C16H16N2/c1-10-7-11(2)16-15(10)17-14-8-12-5-3-4-6-13(12)9-18(14)16/h3-6,8-11H,7H2,1-2H3. The van der Waals surface area contributed by atoms with Gasteiger partial charge in [-0.05, 0) is 29.2 Å². The van der Waals surface area contributed by atoms with E-state index in [1.165, 1.54) is 28.6 Å². The Kier molecular flexibility index (Phi) is 1.88. The van der Waals surface area contributed by atoms with Crippen LogP contribution in [0.4, 0.5) is 0 Å². The van der Waals surface area contributed by atoms with E-state index < -0.39 is 0 Å². The Bertz CT molecular complexity index is 754. The van der Waals surface area contributed by atoms with Crippen molar-refractivity contribution in [1.29, 1.82) is 0 Å².